The van der Waals surface area contributed by atoms with Gasteiger partial charge in [0, 0.05) is 43.6 Å². The Morgan fingerprint density at radius 2 is 1.04 bits per heavy atom. The van der Waals surface area contributed by atoms with Gasteiger partial charge in [-0.2, -0.15) is 0 Å². The van der Waals surface area contributed by atoms with Crippen LogP contribution in [0.15, 0.2) is 91.0 Å². The number of aliphatic carboxylic acids is 1. The minimum atomic E-state index is -2.11. The molecule has 69 heavy (non-hydrogen) atoms. The summed E-state index contributed by atoms with van der Waals surface area (Å²) < 4.78 is 14.1. The summed E-state index contributed by atoms with van der Waals surface area (Å²) in [5.74, 6) is -6.69. The summed E-state index contributed by atoms with van der Waals surface area (Å²) >= 11 is 0. The number of ketones is 1. The number of carbonyl (C=O) groups is 9. The molecular weight excluding hydrogens is 1020 g/mol. The number of carbonyl (C=O) groups excluding carboxylic acids is 9. The number of benzene rings is 3. The first kappa shape index (κ1) is 59.8. The van der Waals surface area contributed by atoms with E-state index in [1.807, 2.05) is 54.6 Å². The fraction of sp³-hybridized carbons (Fsp3) is 0.426. The molecule has 376 valence electrons. The summed E-state index contributed by atoms with van der Waals surface area (Å²) in [4.78, 5) is 113. The molecule has 0 bridgehead atoms. The Labute approximate surface area is 421 Å². The van der Waals surface area contributed by atoms with Gasteiger partial charge in [0.05, 0.1) is 45.9 Å². The van der Waals surface area contributed by atoms with Crippen LogP contribution in [0, 0.1) is 0 Å². The van der Waals surface area contributed by atoms with E-state index in [0.717, 1.165) is 34.9 Å². The fourth-order valence-electron chi connectivity index (χ4n) is 6.89. The molecule has 0 aliphatic heterocycles. The summed E-state index contributed by atoms with van der Waals surface area (Å²) in [7, 11) is 3.46. The van der Waals surface area contributed by atoms with Gasteiger partial charge < -0.3 is 68.1 Å². The van der Waals surface area contributed by atoms with E-state index in [4.69, 9.17) is 4.74 Å². The van der Waals surface area contributed by atoms with Crippen LogP contribution in [0.5, 0.6) is 0 Å². The van der Waals surface area contributed by atoms with Crippen LogP contribution in [0.25, 0.3) is 0 Å². The molecular formula is C47H61BrN5O13PS2. The lowest BCUT2D eigenvalue weighted by Crippen LogP contribution is -3.00. The van der Waals surface area contributed by atoms with Gasteiger partial charge in [-0.3, -0.25) is 33.6 Å². The standard InChI is InChI=1S/C47H60N5O13PS2.BrH/c1-63-43(57)27-24-39(53)37(30-67-68-31-38(45(59)49-29-44(58)64-2)52-41(55)25-22-35(48)46(60)61)51-42(56)26-23-36(47(62)65-3)50-40(54)21-13-14-28-66(32-15-7-4-8-16-32,33-17-9-5-10-18-33)34-19-11-6-12-20-34;/h4-12,15-20,35-38H,13-14,21-31,48H2,1-3H3,(H4-,49,50,51,52,54,55,56,59,60,61);1H. The summed E-state index contributed by atoms with van der Waals surface area (Å²) in [6.07, 6.45) is 0.706. The van der Waals surface area contributed by atoms with E-state index in [9.17, 15) is 48.3 Å². The van der Waals surface area contributed by atoms with Gasteiger partial charge in [-0.15, -0.1) is 0 Å². The molecule has 0 spiro atoms. The van der Waals surface area contributed by atoms with E-state index in [1.54, 1.807) is 0 Å². The molecule has 3 aromatic carbocycles. The first-order chi connectivity index (χ1) is 32.6. The lowest BCUT2D eigenvalue weighted by atomic mass is 10.1. The molecule has 0 saturated heterocycles. The molecule has 0 saturated carbocycles. The SMILES string of the molecule is COC(=O)CCC(=O)C(CSSCC(NC(=O)CCC([NH3+])C(=O)[O-])C(=O)NCC(=O)OC)NC(=O)CCC(NC(=O)CCCC[P+](c1ccccc1)(c1ccccc1)c1ccccc1)C(=O)OC.[Br-]. The zero-order chi connectivity index (χ0) is 49.9. The topological polar surface area (TPSA) is 280 Å². The number of carboxylic acids is 1. The Kier molecular flexibility index (Phi) is 28.1. The first-order valence-electron chi connectivity index (χ1n) is 21.9. The lowest BCUT2D eigenvalue weighted by molar-refractivity contribution is -0.438. The minimum Gasteiger partial charge on any atom is -1.00 e. The Morgan fingerprint density at radius 3 is 1.54 bits per heavy atom. The molecule has 7 N–H and O–H groups in total. The number of ether oxygens (including phenoxy) is 3. The third-order valence-corrected chi connectivity index (χ3v) is 17.6. The zero-order valence-electron chi connectivity index (χ0n) is 38.8. The van der Waals surface area contributed by atoms with Gasteiger partial charge in [0.1, 0.15) is 47.8 Å². The molecule has 0 aliphatic rings. The molecule has 0 fully saturated rings. The van der Waals surface area contributed by atoms with Crippen molar-refractivity contribution < 1.29 is 85.2 Å². The maximum atomic E-state index is 13.3. The van der Waals surface area contributed by atoms with Crippen molar-refractivity contribution in [2.24, 2.45) is 0 Å². The van der Waals surface area contributed by atoms with Crippen molar-refractivity contribution in [1.82, 2.24) is 21.3 Å². The Morgan fingerprint density at radius 1 is 0.580 bits per heavy atom. The predicted octanol–water partition coefficient (Wildman–Crippen LogP) is -3.10. The maximum absolute atomic E-state index is 13.3. The van der Waals surface area contributed by atoms with Gasteiger partial charge in [-0.05, 0) is 55.7 Å². The van der Waals surface area contributed by atoms with Gasteiger partial charge in [0.15, 0.2) is 5.78 Å². The van der Waals surface area contributed by atoms with Crippen LogP contribution in [-0.4, -0.2) is 123 Å². The number of halogens is 1. The zero-order valence-corrected chi connectivity index (χ0v) is 42.9. The van der Waals surface area contributed by atoms with E-state index in [-0.39, 0.29) is 73.4 Å². The van der Waals surface area contributed by atoms with E-state index in [0.29, 0.717) is 12.8 Å². The number of Topliss-reactive ketones (excluding diaryl/α,β-unsaturated/α-hetero) is 1. The van der Waals surface area contributed by atoms with E-state index in [1.165, 1.54) is 30.1 Å². The molecule has 22 heteroatoms. The van der Waals surface area contributed by atoms with Crippen molar-refractivity contribution in [1.29, 1.82) is 0 Å². The minimum absolute atomic E-state index is 0. The molecule has 4 atom stereocenters. The number of nitrogens with one attached hydrogen (secondary N) is 4. The average Bonchev–Trinajstić information content (AvgIpc) is 3.36. The van der Waals surface area contributed by atoms with Crippen molar-refractivity contribution in [2.75, 3.05) is 45.5 Å². The Balaban J connectivity index is 0.0000163. The second-order valence-corrected chi connectivity index (χ2v) is 21.5. The van der Waals surface area contributed by atoms with Crippen LogP contribution >= 0.6 is 28.9 Å². The van der Waals surface area contributed by atoms with Gasteiger partial charge in [0.25, 0.3) is 0 Å². The monoisotopic (exact) mass is 1080 g/mol. The van der Waals surface area contributed by atoms with Crippen LogP contribution in [-0.2, 0) is 57.4 Å². The van der Waals surface area contributed by atoms with Crippen molar-refractivity contribution in [3.8, 4) is 0 Å². The van der Waals surface area contributed by atoms with Crippen molar-refractivity contribution >= 4 is 98.1 Å². The summed E-state index contributed by atoms with van der Waals surface area (Å²) in [6, 6.07) is 26.4. The Bertz CT molecular complexity index is 2050. The third-order valence-electron chi connectivity index (χ3n) is 10.6. The molecule has 3 rings (SSSR count). The summed E-state index contributed by atoms with van der Waals surface area (Å²) in [5, 5.41) is 24.9. The maximum Gasteiger partial charge on any atom is 0.328 e. The van der Waals surface area contributed by atoms with Crippen molar-refractivity contribution in [2.45, 2.75) is 82.0 Å². The van der Waals surface area contributed by atoms with E-state index < -0.39 is 91.3 Å². The number of methoxy groups -OCH3 is 3. The number of unbranched alkanes of at least 4 members (excludes halogenated alkanes) is 1. The quantitative estimate of drug-likeness (QED) is 0.0140. The van der Waals surface area contributed by atoms with E-state index in [2.05, 4.69) is 72.9 Å². The predicted molar refractivity (Wildman–Crippen MR) is 258 cm³/mol. The highest BCUT2D eigenvalue weighted by atomic mass is 79.9. The summed E-state index contributed by atoms with van der Waals surface area (Å²) in [6.45, 7) is -0.490. The molecule has 3 aromatic rings. The highest BCUT2D eigenvalue weighted by molar-refractivity contribution is 8.76. The second-order valence-electron chi connectivity index (χ2n) is 15.4. The number of quaternary nitrogens is 1. The first-order valence-corrected chi connectivity index (χ1v) is 26.3. The molecule has 4 amide bonds. The number of hydrogen-bond donors (Lipinski definition) is 5. The number of esters is 3. The van der Waals surface area contributed by atoms with Crippen LogP contribution < -0.4 is 65.0 Å². The molecule has 0 aromatic heterocycles. The van der Waals surface area contributed by atoms with Gasteiger partial charge in [-0.25, -0.2) is 4.79 Å². The smallest absolute Gasteiger partial charge is 0.328 e. The van der Waals surface area contributed by atoms with Gasteiger partial charge in [-0.1, -0.05) is 76.2 Å². The number of rotatable bonds is 31. The van der Waals surface area contributed by atoms with Crippen LogP contribution in [0.1, 0.15) is 57.8 Å². The molecule has 0 aliphatic carbocycles. The second kappa shape index (κ2) is 32.5. The Hall–Kier alpha value is -5.34. The largest absolute Gasteiger partial charge is 1.00 e. The lowest BCUT2D eigenvalue weighted by Gasteiger charge is -2.27. The van der Waals surface area contributed by atoms with Gasteiger partial charge in [0.2, 0.25) is 23.6 Å². The molecule has 18 nitrogen and oxygen atoms in total. The normalized spacial score (nSPS) is 12.6. The number of hydrogen-bond acceptors (Lipinski definition) is 15. The fourth-order valence-corrected chi connectivity index (χ4v) is 13.7. The average molecular weight is 1080 g/mol. The summed E-state index contributed by atoms with van der Waals surface area (Å²) in [5.41, 5.74) is 3.41. The molecule has 4 unspecified atom stereocenters. The highest BCUT2D eigenvalue weighted by Crippen LogP contribution is 2.56. The number of amides is 4. The van der Waals surface area contributed by atoms with Crippen molar-refractivity contribution in [3.63, 3.8) is 0 Å². The third kappa shape index (κ3) is 20.7. The van der Waals surface area contributed by atoms with Crippen LogP contribution in [0.3, 0.4) is 0 Å². The van der Waals surface area contributed by atoms with Crippen LogP contribution in [0.4, 0.5) is 0 Å². The molecule has 0 radical (unpaired) electrons. The van der Waals surface area contributed by atoms with E-state index >= 15 is 0 Å². The highest BCUT2D eigenvalue weighted by Gasteiger charge is 2.44. The molecule has 0 heterocycles. The van der Waals surface area contributed by atoms with Crippen LogP contribution in [0.2, 0.25) is 0 Å². The number of carboxylic acid groups (broad SMARTS) is 1. The van der Waals surface area contributed by atoms with Crippen molar-refractivity contribution in [3.05, 3.63) is 91.0 Å². The van der Waals surface area contributed by atoms with Gasteiger partial charge >= 0.3 is 17.9 Å².